The molecule has 9 aromatic rings. The zero-order valence-electron chi connectivity index (χ0n) is 35.7. The third-order valence-electron chi connectivity index (χ3n) is 12.8. The van der Waals surface area contributed by atoms with Gasteiger partial charge < -0.3 is 14.2 Å². The summed E-state index contributed by atoms with van der Waals surface area (Å²) in [5, 5.41) is 2.50. The number of nitrogens with zero attached hydrogens (tertiary/aromatic N) is 2. The van der Waals surface area contributed by atoms with Gasteiger partial charge in [0.1, 0.15) is 11.5 Å². The van der Waals surface area contributed by atoms with Gasteiger partial charge in [-0.15, -0.1) is 0 Å². The van der Waals surface area contributed by atoms with Crippen LogP contribution in [0.2, 0.25) is 0 Å². The Morgan fingerprint density at radius 1 is 0.547 bits per heavy atom. The Morgan fingerprint density at radius 2 is 1.11 bits per heavy atom. The van der Waals surface area contributed by atoms with E-state index >= 15 is 0 Å². The second kappa shape index (κ2) is 16.3. The SMILES string of the molecule is C=C1/C=C\C=C(\c2ccc(N(C3=CCC(C)(c4cc(-c5ccccc5)cc(-c5ccccc5)c4)C=C3)c3ccc(-n4c5ccccc5c5ccccc54)cc3)cc2)Oc2ccccc21. The standard InChI is InChI=1S/C61H46N2O/c1-43-16-15-27-59(64-60-26-14-11-21-54(43)60)46-28-30-50(31-29-46)62(51-32-34-52(35-33-51)63-57-24-12-9-22-55(57)56-23-10-13-25-58(56)63)53-36-38-61(2,39-37-53)49-41-47(44-17-5-3-6-18-44)40-48(42-49)45-19-7-4-8-20-45/h3-38,40-42H,1,39H2,2H3/b16-15-,59-27-. The first-order chi connectivity index (χ1) is 31.5. The van der Waals surface area contributed by atoms with E-state index in [2.05, 4.69) is 223 Å². The Kier molecular flexibility index (Phi) is 9.86. The highest BCUT2D eigenvalue weighted by Crippen LogP contribution is 2.42. The Morgan fingerprint density at radius 3 is 1.72 bits per heavy atom. The van der Waals surface area contributed by atoms with E-state index in [9.17, 15) is 0 Å². The van der Waals surface area contributed by atoms with Crippen LogP contribution in [0.1, 0.15) is 30.0 Å². The molecule has 2 heterocycles. The number of anilines is 2. The molecule has 0 saturated heterocycles. The Hall–Kier alpha value is -8.14. The maximum atomic E-state index is 6.55. The van der Waals surface area contributed by atoms with Crippen LogP contribution in [0.15, 0.2) is 249 Å². The molecule has 1 aliphatic carbocycles. The van der Waals surface area contributed by atoms with Crippen molar-refractivity contribution in [3.8, 4) is 33.7 Å². The molecule has 1 unspecified atom stereocenters. The van der Waals surface area contributed by atoms with Crippen molar-refractivity contribution in [3.05, 3.63) is 266 Å². The van der Waals surface area contributed by atoms with Crippen LogP contribution in [0.25, 0.3) is 61.1 Å². The highest BCUT2D eigenvalue weighted by atomic mass is 16.5. The van der Waals surface area contributed by atoms with Crippen LogP contribution in [-0.4, -0.2) is 4.57 Å². The van der Waals surface area contributed by atoms with Crippen molar-refractivity contribution in [3.63, 3.8) is 0 Å². The fraction of sp³-hybridized carbons (Fsp3) is 0.0492. The minimum absolute atomic E-state index is 0.231. The average Bonchev–Trinajstić information content (AvgIpc) is 3.69. The minimum Gasteiger partial charge on any atom is -0.456 e. The molecule has 1 atom stereocenters. The number of benzene rings is 8. The van der Waals surface area contributed by atoms with Gasteiger partial charge in [0.15, 0.2) is 0 Å². The zero-order valence-corrected chi connectivity index (χ0v) is 35.7. The lowest BCUT2D eigenvalue weighted by molar-refractivity contribution is 0.513. The van der Waals surface area contributed by atoms with E-state index in [1.165, 1.54) is 49.6 Å². The van der Waals surface area contributed by atoms with Crippen LogP contribution in [0, 0.1) is 0 Å². The maximum absolute atomic E-state index is 6.55. The number of aromatic nitrogens is 1. The monoisotopic (exact) mass is 822 g/mol. The molecule has 0 fully saturated rings. The molecule has 0 N–H and O–H groups in total. The summed E-state index contributed by atoms with van der Waals surface area (Å²) in [6, 6.07) is 71.7. The Bertz CT molecular complexity index is 3220. The summed E-state index contributed by atoms with van der Waals surface area (Å²) in [5.74, 6) is 1.58. The molecule has 1 aliphatic heterocycles. The van der Waals surface area contributed by atoms with Gasteiger partial charge in [0.25, 0.3) is 0 Å². The molecule has 0 saturated carbocycles. The predicted molar refractivity (Wildman–Crippen MR) is 269 cm³/mol. The second-order valence-electron chi connectivity index (χ2n) is 16.9. The van der Waals surface area contributed by atoms with Gasteiger partial charge in [0.05, 0.1) is 11.0 Å². The van der Waals surface area contributed by atoms with E-state index in [0.717, 1.165) is 57.4 Å². The van der Waals surface area contributed by atoms with Gasteiger partial charge in [-0.3, -0.25) is 0 Å². The molecule has 1 aromatic heterocycles. The van der Waals surface area contributed by atoms with Gasteiger partial charge in [-0.05, 0) is 125 Å². The summed E-state index contributed by atoms with van der Waals surface area (Å²) >= 11 is 0. The quantitative estimate of drug-likeness (QED) is 0.152. The third kappa shape index (κ3) is 7.17. The highest BCUT2D eigenvalue weighted by Gasteiger charge is 2.28. The van der Waals surface area contributed by atoms with Crippen molar-refractivity contribution < 1.29 is 4.74 Å². The summed E-state index contributed by atoms with van der Waals surface area (Å²) in [5.41, 5.74) is 15.6. The number of ether oxygens (including phenoxy) is 1. The first-order valence-electron chi connectivity index (χ1n) is 22.0. The molecule has 64 heavy (non-hydrogen) atoms. The molecule has 0 radical (unpaired) electrons. The molecule has 0 bridgehead atoms. The van der Waals surface area contributed by atoms with Crippen LogP contribution in [0.3, 0.4) is 0 Å². The fourth-order valence-electron chi connectivity index (χ4n) is 9.30. The molecular weight excluding hydrogens is 777 g/mol. The minimum atomic E-state index is -0.231. The normalized spacial score (nSPS) is 17.1. The molecule has 11 rings (SSSR count). The van der Waals surface area contributed by atoms with Gasteiger partial charge in [0, 0.05) is 50.1 Å². The number of para-hydroxylation sites is 3. The molecule has 3 nitrogen and oxygen atoms in total. The number of hydrogen-bond donors (Lipinski definition) is 0. The molecule has 3 heteroatoms. The molecule has 8 aromatic carbocycles. The third-order valence-corrected chi connectivity index (χ3v) is 12.8. The van der Waals surface area contributed by atoms with E-state index < -0.39 is 0 Å². The van der Waals surface area contributed by atoms with Crippen molar-refractivity contribution in [1.82, 2.24) is 4.57 Å². The van der Waals surface area contributed by atoms with Crippen molar-refractivity contribution >= 4 is 44.5 Å². The van der Waals surface area contributed by atoms with E-state index in [0.29, 0.717) is 0 Å². The van der Waals surface area contributed by atoms with Gasteiger partial charge >= 0.3 is 0 Å². The van der Waals surface area contributed by atoms with Crippen LogP contribution in [0.5, 0.6) is 5.75 Å². The first-order valence-corrected chi connectivity index (χ1v) is 22.0. The van der Waals surface area contributed by atoms with Crippen LogP contribution in [0.4, 0.5) is 11.4 Å². The highest BCUT2D eigenvalue weighted by molar-refractivity contribution is 6.09. The van der Waals surface area contributed by atoms with E-state index in [1.54, 1.807) is 0 Å². The Labute approximate surface area is 375 Å². The van der Waals surface area contributed by atoms with Crippen molar-refractivity contribution in [2.45, 2.75) is 18.8 Å². The van der Waals surface area contributed by atoms with Crippen molar-refractivity contribution in [2.75, 3.05) is 4.90 Å². The first kappa shape index (κ1) is 38.8. The lowest BCUT2D eigenvalue weighted by atomic mass is 9.75. The number of allylic oxidation sites excluding steroid dienone is 7. The van der Waals surface area contributed by atoms with Gasteiger partial charge in [0.2, 0.25) is 0 Å². The van der Waals surface area contributed by atoms with Crippen LogP contribution >= 0.6 is 0 Å². The molecule has 2 aliphatic rings. The van der Waals surface area contributed by atoms with Gasteiger partial charge in [-0.1, -0.05) is 165 Å². The summed E-state index contributed by atoms with van der Waals surface area (Å²) in [4.78, 5) is 2.37. The number of hydrogen-bond acceptors (Lipinski definition) is 2. The van der Waals surface area contributed by atoms with Gasteiger partial charge in [-0.2, -0.15) is 0 Å². The van der Waals surface area contributed by atoms with Gasteiger partial charge in [-0.25, -0.2) is 0 Å². The summed E-state index contributed by atoms with van der Waals surface area (Å²) in [7, 11) is 0. The average molecular weight is 823 g/mol. The molecule has 0 amide bonds. The van der Waals surface area contributed by atoms with Crippen LogP contribution in [-0.2, 0) is 5.41 Å². The maximum Gasteiger partial charge on any atom is 0.135 e. The number of fused-ring (bicyclic) bond motifs is 4. The summed E-state index contributed by atoms with van der Waals surface area (Å²) in [6.07, 6.45) is 14.0. The predicted octanol–water partition coefficient (Wildman–Crippen LogP) is 16.1. The largest absolute Gasteiger partial charge is 0.456 e. The molecular formula is C61H46N2O. The van der Waals surface area contributed by atoms with E-state index in [4.69, 9.17) is 4.74 Å². The lowest BCUT2D eigenvalue weighted by Gasteiger charge is -2.34. The van der Waals surface area contributed by atoms with Crippen molar-refractivity contribution in [2.24, 2.45) is 0 Å². The summed E-state index contributed by atoms with van der Waals surface area (Å²) in [6.45, 7) is 6.61. The fourth-order valence-corrected chi connectivity index (χ4v) is 9.30. The lowest BCUT2D eigenvalue weighted by Crippen LogP contribution is -2.24. The van der Waals surface area contributed by atoms with E-state index in [-0.39, 0.29) is 5.41 Å². The van der Waals surface area contributed by atoms with Crippen LogP contribution < -0.4 is 9.64 Å². The van der Waals surface area contributed by atoms with Crippen molar-refractivity contribution in [1.29, 1.82) is 0 Å². The smallest absolute Gasteiger partial charge is 0.135 e. The topological polar surface area (TPSA) is 17.4 Å². The zero-order chi connectivity index (χ0) is 43.0. The number of rotatable bonds is 8. The Balaban J connectivity index is 0.979. The van der Waals surface area contributed by atoms with E-state index in [1.807, 2.05) is 36.4 Å². The molecule has 0 spiro atoms. The molecule has 306 valence electrons. The second-order valence-corrected chi connectivity index (χ2v) is 16.9. The summed E-state index contributed by atoms with van der Waals surface area (Å²) < 4.78 is 8.92.